The van der Waals surface area contributed by atoms with Crippen LogP contribution < -0.4 is 15.5 Å². The van der Waals surface area contributed by atoms with Gasteiger partial charge < -0.3 is 20.3 Å². The van der Waals surface area contributed by atoms with Crippen molar-refractivity contribution in [2.24, 2.45) is 0 Å². The summed E-state index contributed by atoms with van der Waals surface area (Å²) in [6.45, 7) is 2.25. The first kappa shape index (κ1) is 15.3. The van der Waals surface area contributed by atoms with Crippen molar-refractivity contribution in [2.45, 2.75) is 12.5 Å². The van der Waals surface area contributed by atoms with Crippen molar-refractivity contribution in [1.82, 2.24) is 5.32 Å². The zero-order valence-corrected chi connectivity index (χ0v) is 13.4. The minimum Gasteiger partial charge on any atom is -0.376 e. The molecule has 0 spiro atoms. The Labute approximate surface area is 127 Å². The third kappa shape index (κ3) is 4.19. The Morgan fingerprint density at radius 3 is 3.00 bits per heavy atom. The molecule has 2 N–H and O–H groups in total. The number of carbonyl (C=O) groups is 1. The van der Waals surface area contributed by atoms with Crippen LogP contribution in [0.5, 0.6) is 0 Å². The number of nitrogens with zero attached hydrogens (tertiary/aromatic N) is 1. The highest BCUT2D eigenvalue weighted by atomic mass is 79.9. The number of hydrogen-bond acceptors (Lipinski definition) is 4. The second kappa shape index (κ2) is 7.06. The summed E-state index contributed by atoms with van der Waals surface area (Å²) in [4.78, 5) is 14.1. The SMILES string of the molecule is CN(C)c1ccc(Br)cc1NC(=O)CC1CNCCO1. The van der Waals surface area contributed by atoms with E-state index in [1.807, 2.05) is 37.2 Å². The summed E-state index contributed by atoms with van der Waals surface area (Å²) in [5, 5.41) is 6.18. The molecule has 1 fully saturated rings. The summed E-state index contributed by atoms with van der Waals surface area (Å²) in [5.74, 6) is -0.0279. The lowest BCUT2D eigenvalue weighted by atomic mass is 10.2. The lowest BCUT2D eigenvalue weighted by molar-refractivity contribution is -0.119. The Morgan fingerprint density at radius 2 is 2.35 bits per heavy atom. The van der Waals surface area contributed by atoms with E-state index in [9.17, 15) is 4.79 Å². The van der Waals surface area contributed by atoms with Gasteiger partial charge in [0.25, 0.3) is 0 Å². The predicted octanol–water partition coefficient (Wildman–Crippen LogP) is 1.83. The normalized spacial score (nSPS) is 18.6. The fourth-order valence-electron chi connectivity index (χ4n) is 2.16. The van der Waals surface area contributed by atoms with Crippen LogP contribution in [0.15, 0.2) is 22.7 Å². The minimum atomic E-state index is -0.0429. The molecular weight excluding hydrogens is 322 g/mol. The Hall–Kier alpha value is -1.11. The van der Waals surface area contributed by atoms with Gasteiger partial charge in [0, 0.05) is 31.7 Å². The Morgan fingerprint density at radius 1 is 1.55 bits per heavy atom. The third-order valence-corrected chi connectivity index (χ3v) is 3.63. The van der Waals surface area contributed by atoms with Crippen LogP contribution in [0.25, 0.3) is 0 Å². The highest BCUT2D eigenvalue weighted by Crippen LogP contribution is 2.28. The van der Waals surface area contributed by atoms with Crippen LogP contribution in [0.1, 0.15) is 6.42 Å². The maximum atomic E-state index is 12.1. The van der Waals surface area contributed by atoms with Crippen molar-refractivity contribution in [2.75, 3.05) is 44.0 Å². The van der Waals surface area contributed by atoms with Gasteiger partial charge in [-0.3, -0.25) is 4.79 Å². The van der Waals surface area contributed by atoms with Gasteiger partial charge in [-0.15, -0.1) is 0 Å². The molecule has 1 aromatic rings. The second-order valence-corrected chi connectivity index (χ2v) is 5.92. The zero-order valence-electron chi connectivity index (χ0n) is 11.8. The topological polar surface area (TPSA) is 53.6 Å². The number of benzene rings is 1. The molecule has 6 heteroatoms. The van der Waals surface area contributed by atoms with Crippen molar-refractivity contribution < 1.29 is 9.53 Å². The van der Waals surface area contributed by atoms with E-state index in [-0.39, 0.29) is 12.0 Å². The number of halogens is 1. The highest BCUT2D eigenvalue weighted by molar-refractivity contribution is 9.10. The summed E-state index contributed by atoms with van der Waals surface area (Å²) < 4.78 is 6.48. The van der Waals surface area contributed by atoms with Gasteiger partial charge in [0.2, 0.25) is 5.91 Å². The lowest BCUT2D eigenvalue weighted by Crippen LogP contribution is -2.40. The number of ether oxygens (including phenoxy) is 1. The van der Waals surface area contributed by atoms with E-state index in [1.54, 1.807) is 0 Å². The molecule has 1 unspecified atom stereocenters. The van der Waals surface area contributed by atoms with Crippen LogP contribution in [0, 0.1) is 0 Å². The Bertz CT molecular complexity index is 473. The van der Waals surface area contributed by atoms with Crippen LogP contribution in [0.2, 0.25) is 0 Å². The molecule has 20 heavy (non-hydrogen) atoms. The summed E-state index contributed by atoms with van der Waals surface area (Å²) in [6, 6.07) is 5.84. The molecule has 5 nitrogen and oxygen atoms in total. The number of morpholine rings is 1. The minimum absolute atomic E-state index is 0.0279. The Kier molecular flexibility index (Phi) is 5.39. The molecular formula is C14H20BrN3O2. The van der Waals surface area contributed by atoms with E-state index in [0.717, 1.165) is 28.9 Å². The monoisotopic (exact) mass is 341 g/mol. The standard InChI is InChI=1S/C14H20BrN3O2/c1-18(2)13-4-3-10(15)7-12(13)17-14(19)8-11-9-16-5-6-20-11/h3-4,7,11,16H,5-6,8-9H2,1-2H3,(H,17,19). The molecule has 0 radical (unpaired) electrons. The van der Waals surface area contributed by atoms with Crippen molar-refractivity contribution in [1.29, 1.82) is 0 Å². The highest BCUT2D eigenvalue weighted by Gasteiger charge is 2.18. The van der Waals surface area contributed by atoms with Crippen LogP contribution >= 0.6 is 15.9 Å². The third-order valence-electron chi connectivity index (χ3n) is 3.13. The quantitative estimate of drug-likeness (QED) is 0.877. The molecule has 1 aliphatic rings. The Balaban J connectivity index is 2.01. The van der Waals surface area contributed by atoms with E-state index in [1.165, 1.54) is 0 Å². The van der Waals surface area contributed by atoms with Gasteiger partial charge in [0.15, 0.2) is 0 Å². The summed E-state index contributed by atoms with van der Waals surface area (Å²) in [5.41, 5.74) is 1.78. The molecule has 0 aromatic heterocycles. The van der Waals surface area contributed by atoms with Gasteiger partial charge in [0.1, 0.15) is 0 Å². The van der Waals surface area contributed by atoms with Crippen LogP contribution in [0.4, 0.5) is 11.4 Å². The zero-order chi connectivity index (χ0) is 14.5. The van der Waals surface area contributed by atoms with E-state index >= 15 is 0 Å². The lowest BCUT2D eigenvalue weighted by Gasteiger charge is -2.24. The van der Waals surface area contributed by atoms with Gasteiger partial charge in [-0.25, -0.2) is 0 Å². The summed E-state index contributed by atoms with van der Waals surface area (Å²) in [7, 11) is 3.90. The molecule has 1 atom stereocenters. The first-order chi connectivity index (χ1) is 9.56. The number of hydrogen-bond donors (Lipinski definition) is 2. The molecule has 1 saturated heterocycles. The molecule has 2 rings (SSSR count). The maximum Gasteiger partial charge on any atom is 0.227 e. The van der Waals surface area contributed by atoms with E-state index in [2.05, 4.69) is 26.6 Å². The largest absolute Gasteiger partial charge is 0.376 e. The molecule has 0 aliphatic carbocycles. The molecule has 0 saturated carbocycles. The van der Waals surface area contributed by atoms with Gasteiger partial charge in [-0.05, 0) is 18.2 Å². The fraction of sp³-hybridized carbons (Fsp3) is 0.500. The fourth-order valence-corrected chi connectivity index (χ4v) is 2.52. The van der Waals surface area contributed by atoms with Gasteiger partial charge in [0.05, 0.1) is 30.5 Å². The first-order valence-electron chi connectivity index (χ1n) is 6.65. The first-order valence-corrected chi connectivity index (χ1v) is 7.44. The number of amides is 1. The van der Waals surface area contributed by atoms with Crippen molar-refractivity contribution >= 4 is 33.2 Å². The van der Waals surface area contributed by atoms with Crippen LogP contribution in [-0.4, -0.2) is 45.8 Å². The van der Waals surface area contributed by atoms with Crippen molar-refractivity contribution in [3.63, 3.8) is 0 Å². The van der Waals surface area contributed by atoms with Gasteiger partial charge in [-0.1, -0.05) is 15.9 Å². The average Bonchev–Trinajstić information content (AvgIpc) is 2.39. The molecule has 1 aromatic carbocycles. The summed E-state index contributed by atoms with van der Waals surface area (Å²) in [6.07, 6.45) is 0.325. The number of nitrogens with one attached hydrogen (secondary N) is 2. The predicted molar refractivity (Wildman–Crippen MR) is 84.3 cm³/mol. The molecule has 1 aliphatic heterocycles. The molecule has 110 valence electrons. The van der Waals surface area contributed by atoms with E-state index in [4.69, 9.17) is 4.74 Å². The van der Waals surface area contributed by atoms with Crippen molar-refractivity contribution in [3.05, 3.63) is 22.7 Å². The molecule has 0 bridgehead atoms. The second-order valence-electron chi connectivity index (χ2n) is 5.01. The number of carbonyl (C=O) groups excluding carboxylic acids is 1. The van der Waals surface area contributed by atoms with Crippen LogP contribution in [0.3, 0.4) is 0 Å². The number of anilines is 2. The average molecular weight is 342 g/mol. The van der Waals surface area contributed by atoms with Crippen molar-refractivity contribution in [3.8, 4) is 0 Å². The van der Waals surface area contributed by atoms with Gasteiger partial charge in [-0.2, -0.15) is 0 Å². The van der Waals surface area contributed by atoms with E-state index in [0.29, 0.717) is 13.0 Å². The summed E-state index contributed by atoms with van der Waals surface area (Å²) >= 11 is 3.43. The smallest absolute Gasteiger partial charge is 0.227 e. The maximum absolute atomic E-state index is 12.1. The van der Waals surface area contributed by atoms with Gasteiger partial charge >= 0.3 is 0 Å². The molecule has 1 amide bonds. The number of rotatable bonds is 4. The van der Waals surface area contributed by atoms with Crippen LogP contribution in [-0.2, 0) is 9.53 Å². The van der Waals surface area contributed by atoms with E-state index < -0.39 is 0 Å². The molecule has 1 heterocycles.